The highest BCUT2D eigenvalue weighted by atomic mass is 16.4. The first-order valence-corrected chi connectivity index (χ1v) is 13.1. The number of carbonyl (C=O) groups is 1. The van der Waals surface area contributed by atoms with Gasteiger partial charge in [-0.3, -0.25) is 4.79 Å². The fraction of sp³-hybridized carbons (Fsp3) is 0.962. The Morgan fingerprint density at radius 3 is 2.32 bits per heavy atom. The molecule has 5 heteroatoms. The lowest BCUT2D eigenvalue weighted by Gasteiger charge is -2.67. The molecule has 0 aromatic heterocycles. The second-order valence-corrected chi connectivity index (χ2v) is 12.2. The molecule has 0 radical (unpaired) electrons. The van der Waals surface area contributed by atoms with Crippen LogP contribution in [0.4, 0.5) is 0 Å². The number of carbonyl (C=O) groups excluding carboxylic acids is 1. The molecule has 5 fully saturated rings. The lowest BCUT2D eigenvalue weighted by molar-refractivity contribution is -0.270. The van der Waals surface area contributed by atoms with Gasteiger partial charge in [0, 0.05) is 23.4 Å². The summed E-state index contributed by atoms with van der Waals surface area (Å²) >= 11 is 0. The zero-order valence-electron chi connectivity index (χ0n) is 19.6. The monoisotopic (exact) mass is 433 g/mol. The summed E-state index contributed by atoms with van der Waals surface area (Å²) in [5, 5.41) is 32.7. The zero-order chi connectivity index (χ0) is 22.0. The Morgan fingerprint density at radius 2 is 1.58 bits per heavy atom. The number of hydrogen-bond donors (Lipinski definition) is 3. The summed E-state index contributed by atoms with van der Waals surface area (Å²) < 4.78 is 0. The van der Waals surface area contributed by atoms with Crippen LogP contribution < -0.4 is 0 Å². The van der Waals surface area contributed by atoms with Crippen LogP contribution in [-0.4, -0.2) is 56.0 Å². The van der Waals surface area contributed by atoms with Gasteiger partial charge >= 0.3 is 0 Å². The molecule has 0 bridgehead atoms. The molecular formula is C26H43NO4. The molecule has 1 saturated heterocycles. The highest BCUT2D eigenvalue weighted by Crippen LogP contribution is 2.64. The van der Waals surface area contributed by atoms with Crippen molar-refractivity contribution in [1.82, 2.24) is 4.90 Å². The van der Waals surface area contributed by atoms with E-state index >= 15 is 0 Å². The predicted molar refractivity (Wildman–Crippen MR) is 119 cm³/mol. The average molecular weight is 434 g/mol. The first-order chi connectivity index (χ1) is 14.7. The van der Waals surface area contributed by atoms with Crippen molar-refractivity contribution in [3.05, 3.63) is 0 Å². The number of amides is 1. The number of aliphatic hydroxyl groups is 3. The van der Waals surface area contributed by atoms with Gasteiger partial charge in [-0.05, 0) is 88.9 Å². The number of piperidine rings is 1. The van der Waals surface area contributed by atoms with Crippen LogP contribution >= 0.6 is 0 Å². The molecule has 0 unspecified atom stereocenters. The molecule has 5 nitrogen and oxygen atoms in total. The van der Waals surface area contributed by atoms with E-state index in [1.165, 1.54) is 25.7 Å². The summed E-state index contributed by atoms with van der Waals surface area (Å²) in [6, 6.07) is 0. The van der Waals surface area contributed by atoms with Crippen molar-refractivity contribution in [1.29, 1.82) is 0 Å². The summed E-state index contributed by atoms with van der Waals surface area (Å²) in [6.07, 6.45) is 11.0. The molecule has 5 rings (SSSR count). The molecule has 4 saturated carbocycles. The van der Waals surface area contributed by atoms with E-state index in [0.29, 0.717) is 36.5 Å². The standard InChI is InChI=1S/C26H43NO4/c1-24-13-12-21(28)22(29)26(24,31)15-10-18-19(24)11-14-25(2)20(18)9-6-16-27(25)23(30)17-7-4-3-5-8-17/h17-22,28-29,31H,3-16H2,1-2H3/t18-,19-,20-,21+,22-,24+,25-,26-/m0/s1. The smallest absolute Gasteiger partial charge is 0.226 e. The van der Waals surface area contributed by atoms with Crippen molar-refractivity contribution < 1.29 is 20.1 Å². The predicted octanol–water partition coefficient (Wildman–Crippen LogP) is 3.64. The third-order valence-electron chi connectivity index (χ3n) is 11.0. The number of rotatable bonds is 1. The van der Waals surface area contributed by atoms with Crippen LogP contribution in [0.15, 0.2) is 0 Å². The van der Waals surface area contributed by atoms with Crippen molar-refractivity contribution >= 4 is 5.91 Å². The van der Waals surface area contributed by atoms with E-state index in [1.54, 1.807) is 0 Å². The first kappa shape index (κ1) is 22.2. The molecule has 31 heavy (non-hydrogen) atoms. The van der Waals surface area contributed by atoms with Crippen molar-refractivity contribution in [3.63, 3.8) is 0 Å². The van der Waals surface area contributed by atoms with Crippen LogP contribution in [0.2, 0.25) is 0 Å². The van der Waals surface area contributed by atoms with Gasteiger partial charge in [0.2, 0.25) is 5.91 Å². The lowest BCUT2D eigenvalue weighted by atomic mass is 9.43. The summed E-state index contributed by atoms with van der Waals surface area (Å²) in [4.78, 5) is 15.9. The molecule has 0 aromatic rings. The van der Waals surface area contributed by atoms with E-state index in [0.717, 1.165) is 51.5 Å². The van der Waals surface area contributed by atoms with Gasteiger partial charge in [0.1, 0.15) is 6.10 Å². The van der Waals surface area contributed by atoms with Gasteiger partial charge < -0.3 is 20.2 Å². The van der Waals surface area contributed by atoms with Gasteiger partial charge in [0.25, 0.3) is 0 Å². The summed E-state index contributed by atoms with van der Waals surface area (Å²) in [7, 11) is 0. The fourth-order valence-corrected chi connectivity index (χ4v) is 9.10. The third kappa shape index (κ3) is 3.09. The number of fused-ring (bicyclic) bond motifs is 5. The maximum absolute atomic E-state index is 13.6. The van der Waals surface area contributed by atoms with Gasteiger partial charge in [0.15, 0.2) is 0 Å². The highest BCUT2D eigenvalue weighted by molar-refractivity contribution is 5.80. The van der Waals surface area contributed by atoms with Gasteiger partial charge in [0.05, 0.1) is 11.7 Å². The third-order valence-corrected chi connectivity index (χ3v) is 11.0. The Bertz CT molecular complexity index is 708. The minimum atomic E-state index is -1.19. The number of aliphatic hydroxyl groups excluding tert-OH is 2. The van der Waals surface area contributed by atoms with Crippen molar-refractivity contribution in [2.24, 2.45) is 29.1 Å². The number of nitrogens with zero attached hydrogens (tertiary/aromatic N) is 1. The molecule has 3 N–H and O–H groups in total. The van der Waals surface area contributed by atoms with E-state index in [1.807, 2.05) is 0 Å². The number of likely N-dealkylation sites (tertiary alicyclic amines) is 1. The maximum atomic E-state index is 13.6. The van der Waals surface area contributed by atoms with Crippen molar-refractivity contribution in [2.45, 2.75) is 121 Å². The molecule has 0 aromatic carbocycles. The van der Waals surface area contributed by atoms with Crippen LogP contribution in [0.1, 0.15) is 97.3 Å². The van der Waals surface area contributed by atoms with Crippen molar-refractivity contribution in [3.8, 4) is 0 Å². The molecule has 1 amide bonds. The molecule has 1 aliphatic heterocycles. The summed E-state index contributed by atoms with van der Waals surface area (Å²) in [6.45, 7) is 5.44. The highest BCUT2D eigenvalue weighted by Gasteiger charge is 2.66. The van der Waals surface area contributed by atoms with Crippen LogP contribution in [0.3, 0.4) is 0 Å². The van der Waals surface area contributed by atoms with Gasteiger partial charge in [-0.15, -0.1) is 0 Å². The summed E-state index contributed by atoms with van der Waals surface area (Å²) in [5.41, 5.74) is -1.61. The van der Waals surface area contributed by atoms with Gasteiger partial charge in [-0.1, -0.05) is 26.2 Å². The topological polar surface area (TPSA) is 81.0 Å². The SMILES string of the molecule is C[C@]12CC[C@H]3[C@H](CC[C@]4(O)[C@@H](O)[C@H](O)CC[C@]34C)[C@@H]1CCCN2C(=O)C1CCCCC1. The van der Waals surface area contributed by atoms with E-state index in [-0.39, 0.29) is 16.9 Å². The Balaban J connectivity index is 1.42. The summed E-state index contributed by atoms with van der Waals surface area (Å²) in [5.74, 6) is 1.98. The van der Waals surface area contributed by atoms with E-state index in [2.05, 4.69) is 18.7 Å². The lowest BCUT2D eigenvalue weighted by Crippen LogP contribution is -2.71. The van der Waals surface area contributed by atoms with Crippen molar-refractivity contribution in [2.75, 3.05) is 6.54 Å². The average Bonchev–Trinajstić information content (AvgIpc) is 2.78. The zero-order valence-corrected chi connectivity index (χ0v) is 19.6. The Kier molecular flexibility index (Phi) is 5.50. The fourth-order valence-electron chi connectivity index (χ4n) is 9.10. The minimum absolute atomic E-state index is 0.0629. The minimum Gasteiger partial charge on any atom is -0.390 e. The van der Waals surface area contributed by atoms with E-state index in [9.17, 15) is 20.1 Å². The second-order valence-electron chi connectivity index (χ2n) is 12.2. The van der Waals surface area contributed by atoms with E-state index < -0.39 is 17.8 Å². The maximum Gasteiger partial charge on any atom is 0.226 e. The van der Waals surface area contributed by atoms with Gasteiger partial charge in [-0.25, -0.2) is 0 Å². The Morgan fingerprint density at radius 1 is 0.839 bits per heavy atom. The Labute approximate surface area is 187 Å². The van der Waals surface area contributed by atoms with Crippen LogP contribution in [-0.2, 0) is 4.79 Å². The van der Waals surface area contributed by atoms with E-state index in [4.69, 9.17) is 0 Å². The molecule has 1 heterocycles. The van der Waals surface area contributed by atoms with Crippen LogP contribution in [0.25, 0.3) is 0 Å². The van der Waals surface area contributed by atoms with Crippen LogP contribution in [0.5, 0.6) is 0 Å². The van der Waals surface area contributed by atoms with Crippen LogP contribution in [0, 0.1) is 29.1 Å². The Hall–Kier alpha value is -0.650. The first-order valence-electron chi connectivity index (χ1n) is 13.1. The largest absolute Gasteiger partial charge is 0.390 e. The normalized spacial score (nSPS) is 50.9. The second kappa shape index (κ2) is 7.70. The number of hydrogen-bond acceptors (Lipinski definition) is 4. The van der Waals surface area contributed by atoms with Gasteiger partial charge in [-0.2, -0.15) is 0 Å². The molecular weight excluding hydrogens is 390 g/mol. The molecule has 5 aliphatic rings. The molecule has 176 valence electrons. The molecule has 4 aliphatic carbocycles. The molecule has 0 spiro atoms. The quantitative estimate of drug-likeness (QED) is 0.590. The molecule has 8 atom stereocenters.